The van der Waals surface area contributed by atoms with Gasteiger partial charge in [0.1, 0.15) is 11.4 Å². The monoisotopic (exact) mass is 518 g/mol. The smallest absolute Gasteiger partial charge is 0.282 e. The molecular weight excluding hydrogens is 506 g/mol. The number of aryl methyl sites for hydroxylation is 1. The van der Waals surface area contributed by atoms with Crippen LogP contribution >= 0.6 is 58.0 Å². The molecule has 1 aliphatic carbocycles. The molecule has 0 radical (unpaired) electrons. The van der Waals surface area contributed by atoms with Crippen LogP contribution in [-0.2, 0) is 19.6 Å². The second-order valence-corrected chi connectivity index (χ2v) is 11.1. The SMILES string of the molecule is Cc1ccc(S(=O)(=O)N=C2C(Cl)=C(N3CCOCC3)C(=O)C(Cl)(Cl)C2(Cl)Cl)cc1. The molecule has 1 saturated heterocycles. The number of sulfonamides is 1. The Kier molecular flexibility index (Phi) is 6.53. The molecule has 1 heterocycles. The van der Waals surface area contributed by atoms with Gasteiger partial charge in [-0.05, 0) is 19.1 Å². The lowest BCUT2D eigenvalue weighted by Crippen LogP contribution is -2.57. The fraction of sp³-hybridized carbons (Fsp3) is 0.412. The number of morpholine rings is 1. The standard InChI is InChI=1S/C17H15Cl5N2O4S/c1-10-2-4-11(5-3-10)29(26,27)23-14-12(18)13(24-6-8-28-9-7-24)15(25)17(21,22)16(14,19)20/h2-5H,6-9H2,1H3. The Labute approximate surface area is 193 Å². The number of carbonyl (C=O) groups excluding carboxylic acids is 1. The quantitative estimate of drug-likeness (QED) is 0.566. The summed E-state index contributed by atoms with van der Waals surface area (Å²) in [5.41, 5.74) is 0.237. The molecule has 0 bridgehead atoms. The van der Waals surface area contributed by atoms with Crippen molar-refractivity contribution in [2.24, 2.45) is 4.40 Å². The average Bonchev–Trinajstić information content (AvgIpc) is 2.66. The number of rotatable bonds is 3. The molecule has 29 heavy (non-hydrogen) atoms. The van der Waals surface area contributed by atoms with Crippen molar-refractivity contribution in [3.05, 3.63) is 40.6 Å². The van der Waals surface area contributed by atoms with E-state index < -0.39 is 30.2 Å². The number of benzene rings is 1. The minimum Gasteiger partial charge on any atom is -0.378 e. The van der Waals surface area contributed by atoms with Gasteiger partial charge >= 0.3 is 0 Å². The molecule has 3 rings (SSSR count). The number of ketones is 1. The Hall–Kier alpha value is -0.540. The van der Waals surface area contributed by atoms with Crippen molar-refractivity contribution in [1.29, 1.82) is 0 Å². The second kappa shape index (κ2) is 8.19. The van der Waals surface area contributed by atoms with Crippen LogP contribution < -0.4 is 0 Å². The summed E-state index contributed by atoms with van der Waals surface area (Å²) in [6.07, 6.45) is 0. The molecule has 6 nitrogen and oxygen atoms in total. The van der Waals surface area contributed by atoms with Gasteiger partial charge in [0, 0.05) is 13.1 Å². The third kappa shape index (κ3) is 4.15. The molecule has 0 unspecified atom stereocenters. The molecule has 1 aromatic carbocycles. The van der Waals surface area contributed by atoms with E-state index in [-0.39, 0.29) is 15.6 Å². The number of hydrogen-bond acceptors (Lipinski definition) is 5. The van der Waals surface area contributed by atoms with E-state index in [1.165, 1.54) is 12.1 Å². The minimum absolute atomic E-state index is 0.102. The van der Waals surface area contributed by atoms with Gasteiger partial charge in [-0.15, -0.1) is 0 Å². The highest BCUT2D eigenvalue weighted by molar-refractivity contribution is 7.90. The Morgan fingerprint density at radius 2 is 1.59 bits per heavy atom. The van der Waals surface area contributed by atoms with Crippen LogP contribution in [0, 0.1) is 6.92 Å². The molecule has 1 aromatic rings. The summed E-state index contributed by atoms with van der Waals surface area (Å²) in [4.78, 5) is 14.4. The molecule has 0 aromatic heterocycles. The van der Waals surface area contributed by atoms with Crippen LogP contribution in [0.1, 0.15) is 5.56 Å². The summed E-state index contributed by atoms with van der Waals surface area (Å²) >= 11 is 31.4. The zero-order valence-electron chi connectivity index (χ0n) is 15.0. The van der Waals surface area contributed by atoms with Gasteiger partial charge in [0.15, 0.2) is 0 Å². The Balaban J connectivity index is 2.20. The molecule has 0 spiro atoms. The minimum atomic E-state index is -4.27. The van der Waals surface area contributed by atoms with Crippen LogP contribution in [-0.4, -0.2) is 59.8 Å². The maximum Gasteiger partial charge on any atom is 0.282 e. The maximum absolute atomic E-state index is 12.9. The number of allylic oxidation sites excluding steroid dienone is 2. The van der Waals surface area contributed by atoms with Crippen molar-refractivity contribution < 1.29 is 17.9 Å². The van der Waals surface area contributed by atoms with Gasteiger partial charge in [0.05, 0.1) is 23.1 Å². The summed E-state index contributed by atoms with van der Waals surface area (Å²) in [5, 5.41) is -0.325. The first kappa shape index (κ1) is 23.1. The van der Waals surface area contributed by atoms with Gasteiger partial charge in [-0.1, -0.05) is 75.7 Å². The normalized spacial score (nSPS) is 23.6. The number of Topliss-reactive ketones (excluding diaryl/α,β-unsaturated/α-hetero) is 1. The maximum atomic E-state index is 12.9. The van der Waals surface area contributed by atoms with Gasteiger partial charge in [-0.25, -0.2) is 0 Å². The van der Waals surface area contributed by atoms with E-state index in [0.717, 1.165) is 5.56 Å². The third-order valence-electron chi connectivity index (χ3n) is 4.47. The largest absolute Gasteiger partial charge is 0.378 e. The Morgan fingerprint density at radius 3 is 2.14 bits per heavy atom. The van der Waals surface area contributed by atoms with Crippen molar-refractivity contribution in [2.45, 2.75) is 20.5 Å². The molecule has 12 heteroatoms. The molecule has 0 saturated carbocycles. The lowest BCUT2D eigenvalue weighted by atomic mass is 9.97. The van der Waals surface area contributed by atoms with Gasteiger partial charge in [-0.3, -0.25) is 4.79 Å². The Bertz CT molecular complexity index is 997. The molecule has 158 valence electrons. The fourth-order valence-corrected chi connectivity index (χ4v) is 5.33. The predicted octanol–water partition coefficient (Wildman–Crippen LogP) is 3.84. The van der Waals surface area contributed by atoms with E-state index in [0.29, 0.717) is 26.3 Å². The molecule has 0 atom stereocenters. The summed E-state index contributed by atoms with van der Waals surface area (Å²) in [5.74, 6) is -0.843. The first-order chi connectivity index (χ1) is 13.4. The van der Waals surface area contributed by atoms with Crippen LogP contribution in [0.4, 0.5) is 0 Å². The number of ether oxygens (including phenoxy) is 1. The van der Waals surface area contributed by atoms with E-state index in [1.54, 1.807) is 24.0 Å². The topological polar surface area (TPSA) is 76.0 Å². The Morgan fingerprint density at radius 1 is 1.03 bits per heavy atom. The molecule has 1 aliphatic heterocycles. The molecular formula is C17H15Cl5N2O4S. The molecule has 1 fully saturated rings. The summed E-state index contributed by atoms with van der Waals surface area (Å²) in [7, 11) is -4.27. The number of carbonyl (C=O) groups is 1. The zero-order valence-corrected chi connectivity index (χ0v) is 19.6. The first-order valence-electron chi connectivity index (χ1n) is 8.35. The second-order valence-electron chi connectivity index (χ2n) is 6.47. The number of halogens is 5. The average molecular weight is 521 g/mol. The van der Waals surface area contributed by atoms with Crippen molar-refractivity contribution in [2.75, 3.05) is 26.3 Å². The van der Waals surface area contributed by atoms with E-state index >= 15 is 0 Å². The predicted molar refractivity (Wildman–Crippen MR) is 115 cm³/mol. The van der Waals surface area contributed by atoms with Crippen LogP contribution in [0.2, 0.25) is 0 Å². The first-order valence-corrected chi connectivity index (χ1v) is 11.7. The summed E-state index contributed by atoms with van der Waals surface area (Å²) < 4.78 is 29.8. The zero-order chi connectivity index (χ0) is 21.6. The van der Waals surface area contributed by atoms with Crippen molar-refractivity contribution in [1.82, 2.24) is 4.90 Å². The van der Waals surface area contributed by atoms with Crippen LogP contribution in [0.5, 0.6) is 0 Å². The number of nitrogens with zero attached hydrogens (tertiary/aromatic N) is 2. The van der Waals surface area contributed by atoms with E-state index in [2.05, 4.69) is 4.40 Å². The van der Waals surface area contributed by atoms with Gasteiger partial charge in [-0.2, -0.15) is 12.8 Å². The van der Waals surface area contributed by atoms with Crippen LogP contribution in [0.3, 0.4) is 0 Å². The highest BCUT2D eigenvalue weighted by Gasteiger charge is 2.62. The lowest BCUT2D eigenvalue weighted by Gasteiger charge is -2.41. The number of alkyl halides is 4. The molecule has 0 N–H and O–H groups in total. The lowest BCUT2D eigenvalue weighted by molar-refractivity contribution is -0.118. The third-order valence-corrected chi connectivity index (χ3v) is 8.34. The highest BCUT2D eigenvalue weighted by Crippen LogP contribution is 2.52. The van der Waals surface area contributed by atoms with Crippen molar-refractivity contribution in [3.63, 3.8) is 0 Å². The summed E-state index contributed by atoms with van der Waals surface area (Å²) in [6, 6.07) is 5.97. The highest BCUT2D eigenvalue weighted by atomic mass is 35.5. The molecule has 2 aliphatic rings. The van der Waals surface area contributed by atoms with Gasteiger partial charge in [0.2, 0.25) is 14.4 Å². The fourth-order valence-electron chi connectivity index (χ4n) is 2.84. The van der Waals surface area contributed by atoms with Gasteiger partial charge in [0.25, 0.3) is 10.0 Å². The van der Waals surface area contributed by atoms with Gasteiger partial charge < -0.3 is 9.64 Å². The summed E-state index contributed by atoms with van der Waals surface area (Å²) in [6.45, 7) is 3.10. The number of hydrogen-bond donors (Lipinski definition) is 0. The van der Waals surface area contributed by atoms with Crippen LogP contribution in [0.25, 0.3) is 0 Å². The molecule has 0 amide bonds. The van der Waals surface area contributed by atoms with Crippen molar-refractivity contribution in [3.8, 4) is 0 Å². The van der Waals surface area contributed by atoms with E-state index in [1.807, 2.05) is 0 Å². The van der Waals surface area contributed by atoms with E-state index in [4.69, 9.17) is 62.7 Å². The van der Waals surface area contributed by atoms with Crippen molar-refractivity contribution >= 4 is 79.5 Å². The van der Waals surface area contributed by atoms with E-state index in [9.17, 15) is 13.2 Å². The van der Waals surface area contributed by atoms with Crippen LogP contribution in [0.15, 0.2) is 44.3 Å².